The Morgan fingerprint density at radius 2 is 2.00 bits per heavy atom. The third-order valence-corrected chi connectivity index (χ3v) is 6.76. The Bertz CT molecular complexity index is 1010. The van der Waals surface area contributed by atoms with Crippen molar-refractivity contribution in [1.29, 1.82) is 0 Å². The van der Waals surface area contributed by atoms with Crippen LogP contribution < -0.4 is 16.0 Å². The van der Waals surface area contributed by atoms with E-state index in [-0.39, 0.29) is 24.2 Å². The number of anilines is 1. The van der Waals surface area contributed by atoms with E-state index in [0.29, 0.717) is 24.3 Å². The van der Waals surface area contributed by atoms with E-state index in [0.717, 1.165) is 56.3 Å². The first-order chi connectivity index (χ1) is 17.4. The summed E-state index contributed by atoms with van der Waals surface area (Å²) in [6.07, 6.45) is 6.06. The van der Waals surface area contributed by atoms with Crippen LogP contribution in [0.15, 0.2) is 36.4 Å². The number of nitrogens with zero attached hydrogens (tertiary/aromatic N) is 1. The summed E-state index contributed by atoms with van der Waals surface area (Å²) in [4.78, 5) is 30.3. The van der Waals surface area contributed by atoms with Crippen LogP contribution in [0.4, 0.5) is 5.82 Å². The number of aliphatic hydroxyl groups is 1. The van der Waals surface area contributed by atoms with Crippen LogP contribution in [-0.2, 0) is 17.6 Å². The SMILES string of the molecule is CCCCNC(=O)[C@H](C)C[C@H](O)[C@@H]1Cc2cccc(c2)CCCCCNc2cc(cc(C)n2)C(=O)N1. The van der Waals surface area contributed by atoms with Crippen molar-refractivity contribution in [3.05, 3.63) is 58.8 Å². The highest BCUT2D eigenvalue weighted by molar-refractivity contribution is 5.95. The molecule has 7 heteroatoms. The lowest BCUT2D eigenvalue weighted by atomic mass is 9.92. The van der Waals surface area contributed by atoms with Crippen LogP contribution in [0.25, 0.3) is 0 Å². The molecule has 3 atom stereocenters. The molecule has 1 aromatic heterocycles. The zero-order valence-corrected chi connectivity index (χ0v) is 22.0. The fraction of sp³-hybridized carbons (Fsp3) is 0.552. The molecule has 0 unspecified atom stereocenters. The van der Waals surface area contributed by atoms with Crippen molar-refractivity contribution in [2.24, 2.45) is 5.92 Å². The van der Waals surface area contributed by atoms with Gasteiger partial charge in [-0.2, -0.15) is 0 Å². The van der Waals surface area contributed by atoms with Crippen molar-refractivity contribution >= 4 is 17.6 Å². The molecule has 2 amide bonds. The van der Waals surface area contributed by atoms with E-state index in [9.17, 15) is 14.7 Å². The van der Waals surface area contributed by atoms with Gasteiger partial charge in [-0.1, -0.05) is 51.0 Å². The smallest absolute Gasteiger partial charge is 0.251 e. The van der Waals surface area contributed by atoms with Crippen molar-refractivity contribution in [2.45, 2.75) is 84.3 Å². The second kappa shape index (κ2) is 14.0. The van der Waals surface area contributed by atoms with Gasteiger partial charge in [-0.25, -0.2) is 4.98 Å². The molecule has 0 aliphatic carbocycles. The molecule has 0 saturated carbocycles. The number of hydrogen-bond donors (Lipinski definition) is 4. The molecule has 1 aliphatic heterocycles. The molecule has 0 radical (unpaired) electrons. The largest absolute Gasteiger partial charge is 0.391 e. The Hall–Kier alpha value is -2.93. The second-order valence-corrected chi connectivity index (χ2v) is 10.1. The summed E-state index contributed by atoms with van der Waals surface area (Å²) in [7, 11) is 0. The Morgan fingerprint density at radius 1 is 1.19 bits per heavy atom. The molecular formula is C29H42N4O3. The van der Waals surface area contributed by atoms with E-state index < -0.39 is 12.1 Å². The standard InChI is InChI=1S/C29H42N4O3/c1-4-5-13-31-28(35)20(2)15-26(34)25-18-23-12-9-11-22(17-23)10-7-6-8-14-30-27-19-24(29(36)33-25)16-21(3)32-27/h9,11-12,16-17,19-20,25-26,34H,4-8,10,13-15,18H2,1-3H3,(H,30,32)(H,31,35)(H,33,36)/t20-,25+,26+/m1/s1. The second-order valence-electron chi connectivity index (χ2n) is 10.1. The average Bonchev–Trinajstić information content (AvgIpc) is 2.85. The van der Waals surface area contributed by atoms with Gasteiger partial charge in [0, 0.05) is 30.3 Å². The van der Waals surface area contributed by atoms with E-state index in [1.54, 1.807) is 12.1 Å². The van der Waals surface area contributed by atoms with Gasteiger partial charge in [-0.3, -0.25) is 9.59 Å². The number of amides is 2. The average molecular weight is 495 g/mol. The van der Waals surface area contributed by atoms with Crippen LogP contribution in [0.2, 0.25) is 0 Å². The highest BCUT2D eigenvalue weighted by atomic mass is 16.3. The molecule has 3 rings (SSSR count). The van der Waals surface area contributed by atoms with Crippen molar-refractivity contribution in [2.75, 3.05) is 18.4 Å². The van der Waals surface area contributed by atoms with Gasteiger partial charge in [0.1, 0.15) is 5.82 Å². The molecule has 4 bridgehead atoms. The van der Waals surface area contributed by atoms with E-state index >= 15 is 0 Å². The summed E-state index contributed by atoms with van der Waals surface area (Å²) in [6.45, 7) is 7.22. The maximum atomic E-state index is 13.3. The fourth-order valence-corrected chi connectivity index (χ4v) is 4.63. The number of benzene rings is 1. The van der Waals surface area contributed by atoms with E-state index in [1.807, 2.05) is 26.0 Å². The predicted molar refractivity (Wildman–Crippen MR) is 144 cm³/mol. The normalized spacial score (nSPS) is 18.4. The summed E-state index contributed by atoms with van der Waals surface area (Å²) in [6, 6.07) is 11.4. The molecule has 36 heavy (non-hydrogen) atoms. The highest BCUT2D eigenvalue weighted by Gasteiger charge is 2.27. The minimum absolute atomic E-state index is 0.0653. The molecule has 0 saturated heterocycles. The third-order valence-electron chi connectivity index (χ3n) is 6.76. The zero-order chi connectivity index (χ0) is 25.9. The molecular weight excluding hydrogens is 452 g/mol. The van der Waals surface area contributed by atoms with Gasteiger partial charge in [-0.05, 0) is 68.7 Å². The predicted octanol–water partition coefficient (Wildman–Crippen LogP) is 4.17. The maximum Gasteiger partial charge on any atom is 0.251 e. The lowest BCUT2D eigenvalue weighted by molar-refractivity contribution is -0.125. The van der Waals surface area contributed by atoms with Gasteiger partial charge in [-0.15, -0.1) is 0 Å². The topological polar surface area (TPSA) is 103 Å². The number of pyridine rings is 1. The lowest BCUT2D eigenvalue weighted by Crippen LogP contribution is -2.46. The Kier molecular flexibility index (Phi) is 10.7. The van der Waals surface area contributed by atoms with E-state index in [2.05, 4.69) is 40.0 Å². The van der Waals surface area contributed by atoms with Gasteiger partial charge in [0.05, 0.1) is 12.1 Å². The summed E-state index contributed by atoms with van der Waals surface area (Å²) in [5, 5.41) is 20.6. The maximum absolute atomic E-state index is 13.3. The van der Waals surface area contributed by atoms with Crippen LogP contribution in [-0.4, -0.2) is 47.1 Å². The number of unbranched alkanes of at least 4 members (excludes halogenated alkanes) is 1. The van der Waals surface area contributed by atoms with Crippen molar-refractivity contribution in [3.63, 3.8) is 0 Å². The number of aromatic nitrogens is 1. The van der Waals surface area contributed by atoms with E-state index in [1.165, 1.54) is 5.56 Å². The first-order valence-electron chi connectivity index (χ1n) is 13.4. The van der Waals surface area contributed by atoms with Gasteiger partial charge in [0.15, 0.2) is 0 Å². The minimum Gasteiger partial charge on any atom is -0.391 e. The number of rotatable bonds is 7. The van der Waals surface area contributed by atoms with Crippen LogP contribution in [0, 0.1) is 12.8 Å². The molecule has 0 fully saturated rings. The number of aliphatic hydroxyl groups excluding tert-OH is 1. The number of nitrogens with one attached hydrogen (secondary N) is 3. The van der Waals surface area contributed by atoms with Crippen LogP contribution in [0.3, 0.4) is 0 Å². The first kappa shape index (κ1) is 27.7. The molecule has 4 N–H and O–H groups in total. The van der Waals surface area contributed by atoms with Crippen LogP contribution >= 0.6 is 0 Å². The Morgan fingerprint density at radius 3 is 2.81 bits per heavy atom. The fourth-order valence-electron chi connectivity index (χ4n) is 4.63. The number of carbonyl (C=O) groups excluding carboxylic acids is 2. The van der Waals surface area contributed by atoms with Crippen molar-refractivity contribution in [3.8, 4) is 0 Å². The molecule has 2 aromatic rings. The molecule has 1 aromatic carbocycles. The minimum atomic E-state index is -0.871. The Balaban J connectivity index is 1.82. The molecule has 0 spiro atoms. The molecule has 2 heterocycles. The van der Waals surface area contributed by atoms with Gasteiger partial charge in [0.25, 0.3) is 5.91 Å². The first-order valence-corrected chi connectivity index (χ1v) is 13.4. The van der Waals surface area contributed by atoms with Gasteiger partial charge in [0.2, 0.25) is 5.91 Å². The van der Waals surface area contributed by atoms with Gasteiger partial charge < -0.3 is 21.1 Å². The van der Waals surface area contributed by atoms with E-state index in [4.69, 9.17) is 0 Å². The van der Waals surface area contributed by atoms with Crippen LogP contribution in [0.1, 0.15) is 79.6 Å². The monoisotopic (exact) mass is 494 g/mol. The number of hydrogen-bond acceptors (Lipinski definition) is 5. The third kappa shape index (κ3) is 8.63. The van der Waals surface area contributed by atoms with Gasteiger partial charge >= 0.3 is 0 Å². The summed E-state index contributed by atoms with van der Waals surface area (Å²) in [5.41, 5.74) is 3.59. The Labute approximate surface area is 215 Å². The molecule has 1 aliphatic rings. The van der Waals surface area contributed by atoms with Crippen molar-refractivity contribution < 1.29 is 14.7 Å². The highest BCUT2D eigenvalue weighted by Crippen LogP contribution is 2.18. The lowest BCUT2D eigenvalue weighted by Gasteiger charge is -2.27. The number of carbonyl (C=O) groups is 2. The molecule has 196 valence electrons. The summed E-state index contributed by atoms with van der Waals surface area (Å²) in [5.74, 6) is 0.00626. The quantitative estimate of drug-likeness (QED) is 0.433. The van der Waals surface area contributed by atoms with Crippen LogP contribution in [0.5, 0.6) is 0 Å². The number of fused-ring (bicyclic) bond motifs is 4. The summed E-state index contributed by atoms with van der Waals surface area (Å²) < 4.78 is 0. The zero-order valence-electron chi connectivity index (χ0n) is 22.0. The number of aryl methyl sites for hydroxylation is 2. The summed E-state index contributed by atoms with van der Waals surface area (Å²) >= 11 is 0. The van der Waals surface area contributed by atoms with Crippen molar-refractivity contribution in [1.82, 2.24) is 15.6 Å². The molecule has 7 nitrogen and oxygen atoms in total.